The number of rotatable bonds is 11. The van der Waals surface area contributed by atoms with Gasteiger partial charge in [0, 0.05) is 32.5 Å². The molecular formula is C29H42N8O4. The number of carbonyl (C=O) groups excluding carboxylic acids is 1. The Morgan fingerprint density at radius 2 is 1.93 bits per heavy atom. The van der Waals surface area contributed by atoms with Crippen molar-refractivity contribution in [1.82, 2.24) is 29.6 Å². The molecule has 0 spiro atoms. The van der Waals surface area contributed by atoms with Crippen LogP contribution in [0.2, 0.25) is 0 Å². The number of pyridine rings is 1. The molecule has 2 fully saturated rings. The Morgan fingerprint density at radius 1 is 1.12 bits per heavy atom. The van der Waals surface area contributed by atoms with Gasteiger partial charge in [-0.3, -0.25) is 15.0 Å². The number of fused-ring (bicyclic) bond motifs is 1. The quantitative estimate of drug-likeness (QED) is 0.325. The smallest absolute Gasteiger partial charge is 0.413 e. The molecule has 0 unspecified atom stereocenters. The molecule has 0 aromatic carbocycles. The number of nitrogens with zero attached hydrogens (tertiary/aromatic N) is 6. The average Bonchev–Trinajstić information content (AvgIpc) is 3.41. The van der Waals surface area contributed by atoms with E-state index in [1.54, 1.807) is 13.3 Å². The van der Waals surface area contributed by atoms with Gasteiger partial charge in [0.2, 0.25) is 5.95 Å². The second-order valence-electron chi connectivity index (χ2n) is 10.9. The third kappa shape index (κ3) is 7.23. The fraction of sp³-hybridized carbons (Fsp3) is 0.621. The third-order valence-electron chi connectivity index (χ3n) is 8.10. The minimum atomic E-state index is -0.629. The molecule has 2 N–H and O–H groups in total. The highest BCUT2D eigenvalue weighted by Gasteiger charge is 2.25. The predicted molar refractivity (Wildman–Crippen MR) is 157 cm³/mol. The molecule has 2 saturated heterocycles. The fourth-order valence-corrected chi connectivity index (χ4v) is 5.72. The first kappa shape index (κ1) is 29.0. The van der Waals surface area contributed by atoms with Gasteiger partial charge in [-0.05, 0) is 68.7 Å². The highest BCUT2D eigenvalue weighted by Crippen LogP contribution is 2.32. The second kappa shape index (κ2) is 13.9. The number of nitrogens with one attached hydrogen (secondary N) is 2. The molecule has 12 heteroatoms. The van der Waals surface area contributed by atoms with Gasteiger partial charge in [-0.15, -0.1) is 0 Å². The van der Waals surface area contributed by atoms with Crippen LogP contribution in [-0.2, 0) is 16.0 Å². The molecule has 0 atom stereocenters. The summed E-state index contributed by atoms with van der Waals surface area (Å²) < 4.78 is 17.9. The molecule has 0 bridgehead atoms. The van der Waals surface area contributed by atoms with Crippen LogP contribution in [0.25, 0.3) is 11.0 Å². The van der Waals surface area contributed by atoms with Crippen LogP contribution in [0.1, 0.15) is 62.6 Å². The Balaban J connectivity index is 1.30. The first-order chi connectivity index (χ1) is 20.1. The minimum absolute atomic E-state index is 0.154. The van der Waals surface area contributed by atoms with Gasteiger partial charge >= 0.3 is 6.09 Å². The monoisotopic (exact) mass is 566 g/mol. The molecule has 0 radical (unpaired) electrons. The van der Waals surface area contributed by atoms with Crippen molar-refractivity contribution in [1.29, 1.82) is 0 Å². The number of piperidine rings is 1. The van der Waals surface area contributed by atoms with Crippen LogP contribution >= 0.6 is 0 Å². The van der Waals surface area contributed by atoms with E-state index in [1.807, 2.05) is 10.9 Å². The summed E-state index contributed by atoms with van der Waals surface area (Å²) in [4.78, 5) is 28.2. The summed E-state index contributed by atoms with van der Waals surface area (Å²) in [6.07, 6.45) is 9.67. The Morgan fingerprint density at radius 3 is 2.66 bits per heavy atom. The molecule has 1 amide bonds. The number of likely N-dealkylation sites (tertiary alicyclic amines) is 1. The Bertz CT molecular complexity index is 1300. The lowest BCUT2D eigenvalue weighted by Crippen LogP contribution is -2.38. The molecule has 12 nitrogen and oxygen atoms in total. The van der Waals surface area contributed by atoms with Crippen molar-refractivity contribution in [3.8, 4) is 5.75 Å². The molecule has 5 heterocycles. The summed E-state index contributed by atoms with van der Waals surface area (Å²) in [5, 5.41) is 10.5. The van der Waals surface area contributed by atoms with Crippen molar-refractivity contribution in [3.05, 3.63) is 29.7 Å². The predicted octanol–water partition coefficient (Wildman–Crippen LogP) is 4.27. The van der Waals surface area contributed by atoms with Crippen LogP contribution in [-0.4, -0.2) is 89.3 Å². The molecule has 41 heavy (non-hydrogen) atoms. The lowest BCUT2D eigenvalue weighted by Gasteiger charge is -2.35. The lowest BCUT2D eigenvalue weighted by atomic mass is 9.89. The zero-order valence-electron chi connectivity index (χ0n) is 24.4. The fourth-order valence-electron chi connectivity index (χ4n) is 5.72. The van der Waals surface area contributed by atoms with E-state index in [1.165, 1.54) is 32.1 Å². The van der Waals surface area contributed by atoms with E-state index in [2.05, 4.69) is 43.6 Å². The first-order valence-corrected chi connectivity index (χ1v) is 14.7. The highest BCUT2D eigenvalue weighted by atomic mass is 16.5. The molecule has 2 aliphatic rings. The zero-order valence-corrected chi connectivity index (χ0v) is 24.4. The molecule has 3 aromatic heterocycles. The summed E-state index contributed by atoms with van der Waals surface area (Å²) in [7, 11) is 2.99. The standard InChI is InChI=1S/C29H42N8O4/c1-4-5-10-30-27-26-23(33-28(34-27)35-29(38)40-3)17-32-37(26)19-24-25(39-2)15-22(16-31-24)21-6-11-36(12-7-21)18-20-8-13-41-14-9-20/h15-17,20-21H,4-14,18-19H2,1-3H3,(H2,30,33,34,35,38). The molecule has 2 aliphatic heterocycles. The number of ether oxygens (including phenoxy) is 3. The van der Waals surface area contributed by atoms with Gasteiger partial charge < -0.3 is 24.4 Å². The Hall–Kier alpha value is -3.51. The van der Waals surface area contributed by atoms with Crippen molar-refractivity contribution in [2.75, 3.05) is 64.2 Å². The van der Waals surface area contributed by atoms with Gasteiger partial charge in [-0.1, -0.05) is 13.3 Å². The van der Waals surface area contributed by atoms with Crippen molar-refractivity contribution < 1.29 is 19.0 Å². The van der Waals surface area contributed by atoms with Gasteiger partial charge in [-0.2, -0.15) is 10.1 Å². The van der Waals surface area contributed by atoms with Crippen molar-refractivity contribution in [2.24, 2.45) is 5.92 Å². The maximum Gasteiger partial charge on any atom is 0.413 e. The lowest BCUT2D eigenvalue weighted by molar-refractivity contribution is 0.0488. The number of hydrogen-bond donors (Lipinski definition) is 2. The van der Waals surface area contributed by atoms with Gasteiger partial charge in [-0.25, -0.2) is 9.78 Å². The number of anilines is 2. The minimum Gasteiger partial charge on any atom is -0.495 e. The average molecular weight is 567 g/mol. The van der Waals surface area contributed by atoms with Crippen molar-refractivity contribution in [3.63, 3.8) is 0 Å². The van der Waals surface area contributed by atoms with E-state index in [9.17, 15) is 4.79 Å². The van der Waals surface area contributed by atoms with E-state index < -0.39 is 6.09 Å². The molecule has 0 aliphatic carbocycles. The van der Waals surface area contributed by atoms with E-state index in [0.29, 0.717) is 23.8 Å². The van der Waals surface area contributed by atoms with Crippen LogP contribution in [0, 0.1) is 5.92 Å². The van der Waals surface area contributed by atoms with E-state index in [4.69, 9.17) is 19.2 Å². The molecule has 3 aromatic rings. The first-order valence-electron chi connectivity index (χ1n) is 14.7. The van der Waals surface area contributed by atoms with Gasteiger partial charge in [0.1, 0.15) is 22.5 Å². The largest absolute Gasteiger partial charge is 0.495 e. The number of unbranched alkanes of at least 4 members (excludes halogenated alkanes) is 1. The number of methoxy groups -OCH3 is 2. The maximum absolute atomic E-state index is 11.8. The second-order valence-corrected chi connectivity index (χ2v) is 10.9. The van der Waals surface area contributed by atoms with E-state index >= 15 is 0 Å². The topological polar surface area (TPSA) is 129 Å². The van der Waals surface area contributed by atoms with Crippen LogP contribution in [0.5, 0.6) is 5.75 Å². The summed E-state index contributed by atoms with van der Waals surface area (Å²) in [6.45, 7) is 8.49. The Kier molecular flexibility index (Phi) is 9.84. The van der Waals surface area contributed by atoms with Crippen LogP contribution in [0.4, 0.5) is 16.6 Å². The van der Waals surface area contributed by atoms with Crippen LogP contribution < -0.4 is 15.4 Å². The summed E-state index contributed by atoms with van der Waals surface area (Å²) in [6, 6.07) is 2.14. The molecule has 5 rings (SSSR count). The van der Waals surface area contributed by atoms with Gasteiger partial charge in [0.15, 0.2) is 5.82 Å². The van der Waals surface area contributed by atoms with Crippen LogP contribution in [0.15, 0.2) is 18.5 Å². The zero-order chi connectivity index (χ0) is 28.6. The molecular weight excluding hydrogens is 524 g/mol. The normalized spacial score (nSPS) is 17.0. The number of aromatic nitrogens is 5. The number of amides is 1. The van der Waals surface area contributed by atoms with Gasteiger partial charge in [0.25, 0.3) is 0 Å². The van der Waals surface area contributed by atoms with Crippen molar-refractivity contribution >= 4 is 28.9 Å². The SMILES string of the molecule is CCCCNc1nc(NC(=O)OC)nc2cnn(Cc3ncc(C4CCN(CC5CCOCC5)CC4)cc3OC)c12. The maximum atomic E-state index is 11.8. The van der Waals surface area contributed by atoms with E-state index in [0.717, 1.165) is 81.4 Å². The highest BCUT2D eigenvalue weighted by molar-refractivity contribution is 5.89. The number of carbonyl (C=O) groups is 1. The van der Waals surface area contributed by atoms with E-state index in [-0.39, 0.29) is 5.95 Å². The Labute approximate surface area is 241 Å². The summed E-state index contributed by atoms with van der Waals surface area (Å²) >= 11 is 0. The van der Waals surface area contributed by atoms with Crippen molar-refractivity contribution in [2.45, 2.75) is 57.9 Å². The summed E-state index contributed by atoms with van der Waals surface area (Å²) in [5.74, 6) is 2.74. The molecule has 222 valence electrons. The summed E-state index contributed by atoms with van der Waals surface area (Å²) in [5.41, 5.74) is 3.36. The van der Waals surface area contributed by atoms with Gasteiger partial charge in [0.05, 0.1) is 27.0 Å². The third-order valence-corrected chi connectivity index (χ3v) is 8.10. The number of hydrogen-bond acceptors (Lipinski definition) is 10. The molecule has 0 saturated carbocycles. The van der Waals surface area contributed by atoms with Crippen LogP contribution in [0.3, 0.4) is 0 Å².